The summed E-state index contributed by atoms with van der Waals surface area (Å²) in [6.07, 6.45) is 0.952. The average molecular weight is 325 g/mol. The Morgan fingerprint density at radius 1 is 1.09 bits per heavy atom. The molecule has 118 valence electrons. The van der Waals surface area contributed by atoms with Gasteiger partial charge in [-0.05, 0) is 31.0 Å². The quantitative estimate of drug-likeness (QED) is 0.518. The maximum Gasteiger partial charge on any atom is 0.208 e. The molecule has 0 unspecified atom stereocenters. The Hall–Kier alpha value is -2.27. The van der Waals surface area contributed by atoms with Gasteiger partial charge in [-0.15, -0.1) is 5.10 Å². The first kappa shape index (κ1) is 15.6. The van der Waals surface area contributed by atoms with Gasteiger partial charge in [0.05, 0.1) is 6.61 Å². The van der Waals surface area contributed by atoms with Gasteiger partial charge in [0.1, 0.15) is 5.75 Å². The lowest BCUT2D eigenvalue weighted by Gasteiger charge is -2.05. The van der Waals surface area contributed by atoms with E-state index >= 15 is 0 Å². The lowest BCUT2D eigenvalue weighted by atomic mass is 10.2. The molecule has 0 aliphatic carbocycles. The molecule has 1 heterocycles. The molecule has 0 bridgehead atoms. The molecule has 0 amide bonds. The van der Waals surface area contributed by atoms with E-state index in [1.807, 2.05) is 42.5 Å². The van der Waals surface area contributed by atoms with Crippen LogP contribution in [0.2, 0.25) is 0 Å². The highest BCUT2D eigenvalue weighted by molar-refractivity contribution is 7.99. The van der Waals surface area contributed by atoms with Crippen LogP contribution >= 0.6 is 11.8 Å². The van der Waals surface area contributed by atoms with Crippen LogP contribution in [-0.4, -0.2) is 27.5 Å². The van der Waals surface area contributed by atoms with E-state index in [1.54, 1.807) is 11.8 Å². The summed E-state index contributed by atoms with van der Waals surface area (Å²) >= 11 is 1.64. The predicted molar refractivity (Wildman–Crippen MR) is 93.8 cm³/mol. The van der Waals surface area contributed by atoms with Crippen LogP contribution in [0, 0.1) is 6.92 Å². The average Bonchev–Trinajstić information content (AvgIpc) is 3.04. The van der Waals surface area contributed by atoms with E-state index in [2.05, 4.69) is 34.2 Å². The summed E-state index contributed by atoms with van der Waals surface area (Å²) in [7, 11) is 0. The van der Waals surface area contributed by atoms with Crippen molar-refractivity contribution in [2.45, 2.75) is 18.5 Å². The van der Waals surface area contributed by atoms with Gasteiger partial charge in [-0.3, -0.25) is 5.10 Å². The largest absolute Gasteiger partial charge is 0.494 e. The Morgan fingerprint density at radius 3 is 2.78 bits per heavy atom. The normalized spacial score (nSPS) is 10.7. The van der Waals surface area contributed by atoms with Gasteiger partial charge in [-0.1, -0.05) is 54.2 Å². The van der Waals surface area contributed by atoms with Crippen molar-refractivity contribution in [3.63, 3.8) is 0 Å². The van der Waals surface area contributed by atoms with Gasteiger partial charge < -0.3 is 4.74 Å². The molecule has 5 heteroatoms. The number of hydrogen-bond donors (Lipinski definition) is 1. The van der Waals surface area contributed by atoms with Crippen LogP contribution in [0.15, 0.2) is 59.8 Å². The van der Waals surface area contributed by atoms with Crippen molar-refractivity contribution in [1.29, 1.82) is 0 Å². The Kier molecular flexibility index (Phi) is 5.32. The van der Waals surface area contributed by atoms with E-state index in [1.165, 1.54) is 5.56 Å². The minimum atomic E-state index is 0.701. The molecule has 23 heavy (non-hydrogen) atoms. The molecule has 0 radical (unpaired) electrons. The second-order valence-corrected chi connectivity index (χ2v) is 6.26. The number of thioether (sulfide) groups is 1. The van der Waals surface area contributed by atoms with Crippen LogP contribution in [0.3, 0.4) is 0 Å². The summed E-state index contributed by atoms with van der Waals surface area (Å²) < 4.78 is 5.74. The number of nitrogens with one attached hydrogen (secondary N) is 1. The van der Waals surface area contributed by atoms with Crippen LogP contribution < -0.4 is 4.74 Å². The number of H-pyrrole nitrogens is 1. The fourth-order valence-corrected chi connectivity index (χ4v) is 2.86. The third-order valence-corrected chi connectivity index (χ3v) is 4.22. The topological polar surface area (TPSA) is 50.8 Å². The van der Waals surface area contributed by atoms with Gasteiger partial charge in [-0.2, -0.15) is 0 Å². The molecule has 0 atom stereocenters. The molecule has 0 aliphatic heterocycles. The number of hydrogen-bond acceptors (Lipinski definition) is 4. The van der Waals surface area contributed by atoms with E-state index in [9.17, 15) is 0 Å². The fraction of sp³-hybridized carbons (Fsp3) is 0.222. The van der Waals surface area contributed by atoms with Gasteiger partial charge in [0, 0.05) is 11.3 Å². The first-order valence-electron chi connectivity index (χ1n) is 7.61. The lowest BCUT2D eigenvalue weighted by molar-refractivity contribution is 0.318. The zero-order chi connectivity index (χ0) is 15.9. The Balaban J connectivity index is 1.42. The maximum atomic E-state index is 5.74. The summed E-state index contributed by atoms with van der Waals surface area (Å²) in [5.74, 6) is 2.67. The molecule has 3 rings (SSSR count). The van der Waals surface area contributed by atoms with Gasteiger partial charge >= 0.3 is 0 Å². The second kappa shape index (κ2) is 7.83. The third kappa shape index (κ3) is 4.60. The maximum absolute atomic E-state index is 5.74. The van der Waals surface area contributed by atoms with Gasteiger partial charge in [0.15, 0.2) is 5.82 Å². The van der Waals surface area contributed by atoms with Crippen molar-refractivity contribution in [2.24, 2.45) is 0 Å². The molecule has 3 aromatic rings. The van der Waals surface area contributed by atoms with Crippen LogP contribution in [-0.2, 0) is 0 Å². The molecular weight excluding hydrogens is 306 g/mol. The number of benzene rings is 2. The van der Waals surface area contributed by atoms with Crippen LogP contribution in [0.4, 0.5) is 0 Å². The number of aromatic amines is 1. The minimum Gasteiger partial charge on any atom is -0.494 e. The first-order chi connectivity index (χ1) is 11.3. The highest BCUT2D eigenvalue weighted by Gasteiger charge is 2.05. The molecule has 0 aliphatic rings. The van der Waals surface area contributed by atoms with Crippen molar-refractivity contribution < 1.29 is 4.74 Å². The smallest absolute Gasteiger partial charge is 0.208 e. The zero-order valence-corrected chi connectivity index (χ0v) is 13.8. The summed E-state index contributed by atoms with van der Waals surface area (Å²) in [6, 6.07) is 18.1. The van der Waals surface area contributed by atoms with Crippen molar-refractivity contribution in [3.8, 4) is 17.1 Å². The number of ether oxygens (including phenoxy) is 1. The highest BCUT2D eigenvalue weighted by atomic mass is 32.2. The Morgan fingerprint density at radius 2 is 1.96 bits per heavy atom. The summed E-state index contributed by atoms with van der Waals surface area (Å²) in [5, 5.41) is 8.01. The summed E-state index contributed by atoms with van der Waals surface area (Å²) in [5.41, 5.74) is 2.26. The summed E-state index contributed by atoms with van der Waals surface area (Å²) in [6.45, 7) is 2.77. The third-order valence-electron chi connectivity index (χ3n) is 3.29. The fourth-order valence-electron chi connectivity index (χ4n) is 2.15. The number of aryl methyl sites for hydroxylation is 1. The molecular formula is C18H19N3OS. The molecule has 1 aromatic heterocycles. The van der Waals surface area contributed by atoms with Crippen LogP contribution in [0.25, 0.3) is 11.4 Å². The number of aromatic nitrogens is 3. The van der Waals surface area contributed by atoms with Gasteiger partial charge in [-0.25, -0.2) is 4.98 Å². The lowest BCUT2D eigenvalue weighted by Crippen LogP contribution is -1.98. The molecule has 0 spiro atoms. The minimum absolute atomic E-state index is 0.701. The van der Waals surface area contributed by atoms with E-state index < -0.39 is 0 Å². The number of nitrogens with zero attached hydrogens (tertiary/aromatic N) is 2. The molecule has 2 aromatic carbocycles. The van der Waals surface area contributed by atoms with Gasteiger partial charge in [0.25, 0.3) is 0 Å². The zero-order valence-electron chi connectivity index (χ0n) is 13.0. The summed E-state index contributed by atoms with van der Waals surface area (Å²) in [4.78, 5) is 4.50. The van der Waals surface area contributed by atoms with Crippen molar-refractivity contribution in [3.05, 3.63) is 60.2 Å². The van der Waals surface area contributed by atoms with Crippen molar-refractivity contribution >= 4 is 11.8 Å². The number of rotatable bonds is 7. The van der Waals surface area contributed by atoms with E-state index in [-0.39, 0.29) is 0 Å². The van der Waals surface area contributed by atoms with E-state index in [4.69, 9.17) is 4.74 Å². The SMILES string of the molecule is Cc1cccc(OCCCSc2n[nH]c(-c3ccccc3)n2)c1. The molecule has 0 saturated heterocycles. The van der Waals surface area contributed by atoms with E-state index in [0.717, 1.165) is 34.5 Å². The molecule has 0 fully saturated rings. The van der Waals surface area contributed by atoms with Crippen molar-refractivity contribution in [2.75, 3.05) is 12.4 Å². The standard InChI is InChI=1S/C18H19N3OS/c1-14-7-5-10-16(13-14)22-11-6-12-23-18-19-17(20-21-18)15-8-3-2-4-9-15/h2-5,7-10,13H,6,11-12H2,1H3,(H,19,20,21). The van der Waals surface area contributed by atoms with Crippen LogP contribution in [0.1, 0.15) is 12.0 Å². The van der Waals surface area contributed by atoms with Crippen LogP contribution in [0.5, 0.6) is 5.75 Å². The van der Waals surface area contributed by atoms with Gasteiger partial charge in [0.2, 0.25) is 5.16 Å². The first-order valence-corrected chi connectivity index (χ1v) is 8.60. The second-order valence-electron chi connectivity index (χ2n) is 5.20. The predicted octanol–water partition coefficient (Wildman–Crippen LogP) is 4.34. The molecule has 4 nitrogen and oxygen atoms in total. The Labute approximate surface area is 140 Å². The van der Waals surface area contributed by atoms with E-state index in [0.29, 0.717) is 6.61 Å². The Bertz CT molecular complexity index is 743. The van der Waals surface area contributed by atoms with Crippen molar-refractivity contribution in [1.82, 2.24) is 15.2 Å². The molecule has 0 saturated carbocycles. The monoisotopic (exact) mass is 325 g/mol. The molecule has 1 N–H and O–H groups in total. The highest BCUT2D eigenvalue weighted by Crippen LogP contribution is 2.19.